The number of alkyl halides is 3. The molecule has 0 aliphatic rings. The minimum absolute atomic E-state index is 0.0986. The van der Waals surface area contributed by atoms with Gasteiger partial charge in [0.05, 0.1) is 5.75 Å². The maximum atomic E-state index is 12.7. The van der Waals surface area contributed by atoms with Gasteiger partial charge in [-0.15, -0.1) is 10.2 Å². The molecular formula is C14H9ClF3N5OS. The standard InChI is InChI=1S/C14H9ClF3N5OS/c15-8-3-1-7(2-4-8)12-23-22-11(24-12)6-25-13-20-9(14(16,17)18)5-10(19)21-13/h1-5H,6H2,(H2,19,20,21). The number of hydrogen-bond donors (Lipinski definition) is 1. The molecule has 11 heteroatoms. The van der Waals surface area contributed by atoms with Crippen LogP contribution in [0.3, 0.4) is 0 Å². The Morgan fingerprint density at radius 3 is 2.52 bits per heavy atom. The molecule has 3 aromatic rings. The summed E-state index contributed by atoms with van der Waals surface area (Å²) >= 11 is 6.71. The normalized spacial score (nSPS) is 11.7. The van der Waals surface area contributed by atoms with Crippen LogP contribution in [0.5, 0.6) is 0 Å². The Balaban J connectivity index is 1.72. The first-order chi connectivity index (χ1) is 11.8. The predicted octanol–water partition coefficient (Wildman–Crippen LogP) is 4.07. The van der Waals surface area contributed by atoms with E-state index < -0.39 is 11.9 Å². The van der Waals surface area contributed by atoms with E-state index in [4.69, 9.17) is 21.8 Å². The molecule has 6 nitrogen and oxygen atoms in total. The maximum Gasteiger partial charge on any atom is 0.433 e. The minimum atomic E-state index is -4.60. The van der Waals surface area contributed by atoms with E-state index in [9.17, 15) is 13.2 Å². The Hall–Kier alpha value is -2.33. The van der Waals surface area contributed by atoms with E-state index in [0.29, 0.717) is 16.7 Å². The topological polar surface area (TPSA) is 90.7 Å². The first-order valence-corrected chi connectivity index (χ1v) is 8.10. The van der Waals surface area contributed by atoms with E-state index in [1.54, 1.807) is 24.3 Å². The molecule has 0 radical (unpaired) electrons. The first kappa shape index (κ1) is 17.5. The Labute approximate surface area is 148 Å². The molecule has 0 aliphatic carbocycles. The summed E-state index contributed by atoms with van der Waals surface area (Å²) in [6.45, 7) is 0. The molecule has 130 valence electrons. The van der Waals surface area contributed by atoms with Gasteiger partial charge < -0.3 is 10.2 Å². The van der Waals surface area contributed by atoms with Gasteiger partial charge in [-0.1, -0.05) is 23.4 Å². The molecule has 0 saturated carbocycles. The Bertz CT molecular complexity index is 885. The lowest BCUT2D eigenvalue weighted by molar-refractivity contribution is -0.141. The van der Waals surface area contributed by atoms with Crippen molar-refractivity contribution in [3.8, 4) is 11.5 Å². The number of hydrogen-bond acceptors (Lipinski definition) is 7. The molecular weight excluding hydrogens is 379 g/mol. The van der Waals surface area contributed by atoms with Gasteiger partial charge in [0.1, 0.15) is 5.82 Å². The number of nitrogens with two attached hydrogens (primary N) is 1. The maximum absolute atomic E-state index is 12.7. The highest BCUT2D eigenvalue weighted by Crippen LogP contribution is 2.30. The van der Waals surface area contributed by atoms with Crippen molar-refractivity contribution in [2.75, 3.05) is 5.73 Å². The van der Waals surface area contributed by atoms with Crippen LogP contribution in [-0.2, 0) is 11.9 Å². The van der Waals surface area contributed by atoms with Crippen molar-refractivity contribution < 1.29 is 17.6 Å². The van der Waals surface area contributed by atoms with Crippen molar-refractivity contribution in [2.45, 2.75) is 17.1 Å². The highest BCUT2D eigenvalue weighted by Gasteiger charge is 2.33. The highest BCUT2D eigenvalue weighted by molar-refractivity contribution is 7.98. The van der Waals surface area contributed by atoms with Crippen molar-refractivity contribution in [3.63, 3.8) is 0 Å². The third-order valence-corrected chi connectivity index (χ3v) is 3.98. The lowest BCUT2D eigenvalue weighted by Gasteiger charge is -2.07. The molecule has 0 spiro atoms. The molecule has 0 amide bonds. The van der Waals surface area contributed by atoms with Crippen LogP contribution in [0, 0.1) is 0 Å². The summed E-state index contributed by atoms with van der Waals surface area (Å²) in [6.07, 6.45) is -4.60. The molecule has 0 saturated heterocycles. The Morgan fingerprint density at radius 2 is 1.84 bits per heavy atom. The van der Waals surface area contributed by atoms with Crippen molar-refractivity contribution in [1.82, 2.24) is 20.2 Å². The fourth-order valence-corrected chi connectivity index (χ4v) is 2.63. The predicted molar refractivity (Wildman–Crippen MR) is 85.8 cm³/mol. The second-order valence-electron chi connectivity index (χ2n) is 4.75. The van der Waals surface area contributed by atoms with Crippen LogP contribution in [0.15, 0.2) is 39.9 Å². The average Bonchev–Trinajstić information content (AvgIpc) is 3.01. The van der Waals surface area contributed by atoms with Crippen LogP contribution in [-0.4, -0.2) is 20.2 Å². The third-order valence-electron chi connectivity index (χ3n) is 2.90. The second kappa shape index (κ2) is 6.89. The third kappa shape index (κ3) is 4.40. The van der Waals surface area contributed by atoms with Gasteiger partial charge in [0.15, 0.2) is 10.9 Å². The number of anilines is 1. The molecule has 1 aromatic carbocycles. The van der Waals surface area contributed by atoms with Crippen molar-refractivity contribution in [3.05, 3.63) is 46.9 Å². The van der Waals surface area contributed by atoms with Crippen LogP contribution >= 0.6 is 23.4 Å². The first-order valence-electron chi connectivity index (χ1n) is 6.74. The summed E-state index contributed by atoms with van der Waals surface area (Å²) in [6, 6.07) is 7.45. The molecule has 0 atom stereocenters. The van der Waals surface area contributed by atoms with Crippen LogP contribution in [0.1, 0.15) is 11.6 Å². The molecule has 2 N–H and O–H groups in total. The SMILES string of the molecule is Nc1cc(C(F)(F)F)nc(SCc2nnc(-c3ccc(Cl)cc3)o2)n1. The van der Waals surface area contributed by atoms with Crippen LogP contribution in [0.2, 0.25) is 5.02 Å². The van der Waals surface area contributed by atoms with Gasteiger partial charge in [0.25, 0.3) is 0 Å². The number of benzene rings is 1. The molecule has 3 rings (SSSR count). The molecule has 25 heavy (non-hydrogen) atoms. The fourth-order valence-electron chi connectivity index (χ4n) is 1.80. The summed E-state index contributed by atoms with van der Waals surface area (Å²) in [7, 11) is 0. The van der Waals surface area contributed by atoms with Gasteiger partial charge >= 0.3 is 6.18 Å². The summed E-state index contributed by atoms with van der Waals surface area (Å²) < 4.78 is 43.6. The largest absolute Gasteiger partial charge is 0.433 e. The quantitative estimate of drug-likeness (QED) is 0.533. The molecule has 0 fully saturated rings. The van der Waals surface area contributed by atoms with Gasteiger partial charge in [0, 0.05) is 16.7 Å². The van der Waals surface area contributed by atoms with Crippen molar-refractivity contribution in [1.29, 1.82) is 0 Å². The van der Waals surface area contributed by atoms with Gasteiger partial charge in [-0.2, -0.15) is 13.2 Å². The van der Waals surface area contributed by atoms with Crippen LogP contribution in [0.25, 0.3) is 11.5 Å². The van der Waals surface area contributed by atoms with Crippen LogP contribution < -0.4 is 5.73 Å². The van der Waals surface area contributed by atoms with E-state index in [-0.39, 0.29) is 28.5 Å². The summed E-state index contributed by atoms with van der Waals surface area (Å²) in [5, 5.41) is 8.17. The lowest BCUT2D eigenvalue weighted by atomic mass is 10.2. The molecule has 0 aliphatic heterocycles. The summed E-state index contributed by atoms with van der Waals surface area (Å²) in [5.41, 5.74) is 4.96. The highest BCUT2D eigenvalue weighted by atomic mass is 35.5. The van der Waals surface area contributed by atoms with E-state index in [1.165, 1.54) is 0 Å². The Morgan fingerprint density at radius 1 is 1.12 bits per heavy atom. The van der Waals surface area contributed by atoms with Gasteiger partial charge in [0.2, 0.25) is 11.8 Å². The molecule has 0 bridgehead atoms. The molecule has 0 unspecified atom stereocenters. The zero-order valence-corrected chi connectivity index (χ0v) is 13.9. The molecule has 2 aromatic heterocycles. The summed E-state index contributed by atoms with van der Waals surface area (Å²) in [4.78, 5) is 7.20. The van der Waals surface area contributed by atoms with E-state index in [2.05, 4.69) is 20.2 Å². The van der Waals surface area contributed by atoms with Gasteiger partial charge in [-0.25, -0.2) is 9.97 Å². The lowest BCUT2D eigenvalue weighted by Crippen LogP contribution is -2.10. The average molecular weight is 388 g/mol. The second-order valence-corrected chi connectivity index (χ2v) is 6.13. The zero-order valence-electron chi connectivity index (χ0n) is 12.3. The number of thioether (sulfide) groups is 1. The van der Waals surface area contributed by atoms with E-state index in [1.807, 2.05) is 0 Å². The number of nitrogen functional groups attached to an aromatic ring is 1. The zero-order chi connectivity index (χ0) is 18.0. The molecule has 2 heterocycles. The Kier molecular flexibility index (Phi) is 4.82. The number of aromatic nitrogens is 4. The number of nitrogens with zero attached hydrogens (tertiary/aromatic N) is 4. The van der Waals surface area contributed by atoms with E-state index in [0.717, 1.165) is 11.8 Å². The fraction of sp³-hybridized carbons (Fsp3) is 0.143. The van der Waals surface area contributed by atoms with Gasteiger partial charge in [-0.3, -0.25) is 0 Å². The smallest absolute Gasteiger partial charge is 0.420 e. The van der Waals surface area contributed by atoms with Crippen LogP contribution in [0.4, 0.5) is 19.0 Å². The summed E-state index contributed by atoms with van der Waals surface area (Å²) in [5.74, 6) is 0.324. The van der Waals surface area contributed by atoms with Crippen molar-refractivity contribution >= 4 is 29.2 Å². The van der Waals surface area contributed by atoms with E-state index >= 15 is 0 Å². The number of rotatable bonds is 4. The monoisotopic (exact) mass is 387 g/mol. The van der Waals surface area contributed by atoms with Crippen molar-refractivity contribution in [2.24, 2.45) is 0 Å². The minimum Gasteiger partial charge on any atom is -0.420 e. The van der Waals surface area contributed by atoms with Gasteiger partial charge in [-0.05, 0) is 24.3 Å². The number of halogens is 4.